The highest BCUT2D eigenvalue weighted by Crippen LogP contribution is 2.40. The summed E-state index contributed by atoms with van der Waals surface area (Å²) in [5.74, 6) is 1.90. The van der Waals surface area contributed by atoms with Gasteiger partial charge in [-0.2, -0.15) is 0 Å². The van der Waals surface area contributed by atoms with Gasteiger partial charge in [-0.05, 0) is 24.8 Å². The van der Waals surface area contributed by atoms with Crippen LogP contribution in [0.1, 0.15) is 26.2 Å². The van der Waals surface area contributed by atoms with Gasteiger partial charge in [-0.3, -0.25) is 0 Å². The summed E-state index contributed by atoms with van der Waals surface area (Å²) in [4.78, 5) is 0. The van der Waals surface area contributed by atoms with Crippen LogP contribution >= 0.6 is 0 Å². The molecule has 8 heavy (non-hydrogen) atoms. The second-order valence-corrected chi connectivity index (χ2v) is 2.78. The number of hydrogen-bond donors (Lipinski definition) is 1. The van der Waals surface area contributed by atoms with Crippen LogP contribution in [0.5, 0.6) is 0 Å². The van der Waals surface area contributed by atoms with Gasteiger partial charge in [0, 0.05) is 0 Å². The molecule has 0 amide bonds. The Morgan fingerprint density at radius 1 is 1.50 bits per heavy atom. The van der Waals surface area contributed by atoms with Gasteiger partial charge in [0.15, 0.2) is 0 Å². The first-order chi connectivity index (χ1) is 3.88. The van der Waals surface area contributed by atoms with E-state index in [0.29, 0.717) is 0 Å². The summed E-state index contributed by atoms with van der Waals surface area (Å²) < 4.78 is 0. The van der Waals surface area contributed by atoms with Crippen molar-refractivity contribution in [1.29, 1.82) is 0 Å². The molecule has 1 aliphatic rings. The summed E-state index contributed by atoms with van der Waals surface area (Å²) in [6.45, 7) is 3.16. The lowest BCUT2D eigenvalue weighted by Crippen LogP contribution is -2.01. The molecule has 0 aliphatic heterocycles. The van der Waals surface area contributed by atoms with Crippen LogP contribution in [0.2, 0.25) is 0 Å². The summed E-state index contributed by atoms with van der Waals surface area (Å²) in [5, 5.41) is 0. The van der Waals surface area contributed by atoms with Crippen LogP contribution in [0.15, 0.2) is 0 Å². The summed E-state index contributed by atoms with van der Waals surface area (Å²) in [5.41, 5.74) is 5.45. The standard InChI is InChI=1S/C7H15N/c1-2-3-6-4-7(6)5-8/h6-7H,2-5,8H2,1H3/t6-,7-/m0/s1. The number of rotatable bonds is 3. The first-order valence-electron chi connectivity index (χ1n) is 3.58. The molecule has 0 spiro atoms. The predicted octanol–water partition coefficient (Wildman–Crippen LogP) is 1.38. The van der Waals surface area contributed by atoms with Crippen LogP contribution in [0.3, 0.4) is 0 Å². The Morgan fingerprint density at radius 3 is 2.62 bits per heavy atom. The summed E-state index contributed by atoms with van der Waals surface area (Å²) in [7, 11) is 0. The minimum absolute atomic E-state index is 0.898. The highest BCUT2D eigenvalue weighted by atomic mass is 14.6. The Kier molecular flexibility index (Phi) is 1.90. The fourth-order valence-electron chi connectivity index (χ4n) is 1.32. The van der Waals surface area contributed by atoms with Gasteiger partial charge >= 0.3 is 0 Å². The monoisotopic (exact) mass is 113 g/mol. The van der Waals surface area contributed by atoms with Crippen molar-refractivity contribution in [2.45, 2.75) is 26.2 Å². The number of nitrogens with two attached hydrogens (primary N) is 1. The van der Waals surface area contributed by atoms with Gasteiger partial charge in [-0.15, -0.1) is 0 Å². The van der Waals surface area contributed by atoms with Crippen molar-refractivity contribution in [3.8, 4) is 0 Å². The van der Waals surface area contributed by atoms with E-state index in [1.807, 2.05) is 0 Å². The molecule has 48 valence electrons. The predicted molar refractivity (Wildman–Crippen MR) is 35.6 cm³/mol. The van der Waals surface area contributed by atoms with Crippen LogP contribution in [0.4, 0.5) is 0 Å². The van der Waals surface area contributed by atoms with Crippen molar-refractivity contribution >= 4 is 0 Å². The quantitative estimate of drug-likeness (QED) is 0.588. The zero-order chi connectivity index (χ0) is 5.98. The molecule has 0 aromatic heterocycles. The van der Waals surface area contributed by atoms with E-state index in [0.717, 1.165) is 18.4 Å². The number of hydrogen-bond acceptors (Lipinski definition) is 1. The normalized spacial score (nSPS) is 35.2. The maximum atomic E-state index is 5.45. The third-order valence-electron chi connectivity index (χ3n) is 2.03. The molecule has 0 aromatic rings. The lowest BCUT2D eigenvalue weighted by Gasteiger charge is -1.90. The lowest BCUT2D eigenvalue weighted by atomic mass is 10.2. The molecule has 1 heteroatoms. The van der Waals surface area contributed by atoms with E-state index in [1.165, 1.54) is 19.3 Å². The van der Waals surface area contributed by atoms with E-state index < -0.39 is 0 Å². The molecule has 1 fully saturated rings. The lowest BCUT2D eigenvalue weighted by molar-refractivity contribution is 0.638. The molecule has 2 N–H and O–H groups in total. The Balaban J connectivity index is 1.99. The highest BCUT2D eigenvalue weighted by molar-refractivity contribution is 4.85. The van der Waals surface area contributed by atoms with E-state index in [9.17, 15) is 0 Å². The van der Waals surface area contributed by atoms with E-state index >= 15 is 0 Å². The van der Waals surface area contributed by atoms with Crippen molar-refractivity contribution < 1.29 is 0 Å². The molecule has 0 radical (unpaired) electrons. The van der Waals surface area contributed by atoms with E-state index in [2.05, 4.69) is 6.92 Å². The second kappa shape index (κ2) is 2.49. The van der Waals surface area contributed by atoms with Crippen molar-refractivity contribution in [1.82, 2.24) is 0 Å². The maximum Gasteiger partial charge on any atom is -0.00461 e. The Bertz CT molecular complexity index is 70.8. The van der Waals surface area contributed by atoms with Gasteiger partial charge in [0.05, 0.1) is 0 Å². The van der Waals surface area contributed by atoms with E-state index in [4.69, 9.17) is 5.73 Å². The highest BCUT2D eigenvalue weighted by Gasteiger charge is 2.33. The summed E-state index contributed by atoms with van der Waals surface area (Å²) in [6.07, 6.45) is 4.15. The van der Waals surface area contributed by atoms with Gasteiger partial charge in [0.1, 0.15) is 0 Å². The van der Waals surface area contributed by atoms with Gasteiger partial charge in [-0.25, -0.2) is 0 Å². The molecule has 1 nitrogen and oxygen atoms in total. The minimum atomic E-state index is 0.898. The van der Waals surface area contributed by atoms with Crippen molar-refractivity contribution in [3.63, 3.8) is 0 Å². The summed E-state index contributed by atoms with van der Waals surface area (Å²) >= 11 is 0. The van der Waals surface area contributed by atoms with Gasteiger partial charge in [0.25, 0.3) is 0 Å². The largest absolute Gasteiger partial charge is 0.330 e. The van der Waals surface area contributed by atoms with Crippen molar-refractivity contribution in [2.24, 2.45) is 17.6 Å². The molecule has 0 saturated heterocycles. The third-order valence-corrected chi connectivity index (χ3v) is 2.03. The average molecular weight is 113 g/mol. The van der Waals surface area contributed by atoms with Crippen LogP contribution in [0, 0.1) is 11.8 Å². The van der Waals surface area contributed by atoms with Gasteiger partial charge in [-0.1, -0.05) is 19.8 Å². The van der Waals surface area contributed by atoms with Crippen molar-refractivity contribution in [2.75, 3.05) is 6.54 Å². The SMILES string of the molecule is CCC[C@H]1C[C@H]1CN. The van der Waals surface area contributed by atoms with Crippen LogP contribution in [-0.2, 0) is 0 Å². The Hall–Kier alpha value is -0.0400. The molecule has 2 atom stereocenters. The summed E-state index contributed by atoms with van der Waals surface area (Å²) in [6, 6.07) is 0. The fourth-order valence-corrected chi connectivity index (χ4v) is 1.32. The molecule has 0 heterocycles. The molecule has 0 unspecified atom stereocenters. The first kappa shape index (κ1) is 6.09. The molecule has 1 rings (SSSR count). The average Bonchev–Trinajstić information content (AvgIpc) is 2.48. The molecule has 1 aliphatic carbocycles. The topological polar surface area (TPSA) is 26.0 Å². The fraction of sp³-hybridized carbons (Fsp3) is 1.00. The smallest absolute Gasteiger partial charge is 0.00461 e. The molecular weight excluding hydrogens is 98.1 g/mol. The minimum Gasteiger partial charge on any atom is -0.330 e. The molecular formula is C7H15N. The van der Waals surface area contributed by atoms with Crippen LogP contribution in [-0.4, -0.2) is 6.54 Å². The van der Waals surface area contributed by atoms with E-state index in [1.54, 1.807) is 0 Å². The third kappa shape index (κ3) is 1.22. The van der Waals surface area contributed by atoms with Crippen LogP contribution < -0.4 is 5.73 Å². The van der Waals surface area contributed by atoms with Gasteiger partial charge < -0.3 is 5.73 Å². The molecule has 0 aromatic carbocycles. The molecule has 0 bridgehead atoms. The second-order valence-electron chi connectivity index (χ2n) is 2.78. The van der Waals surface area contributed by atoms with Crippen molar-refractivity contribution in [3.05, 3.63) is 0 Å². The zero-order valence-corrected chi connectivity index (χ0v) is 5.56. The first-order valence-corrected chi connectivity index (χ1v) is 3.58. The maximum absolute atomic E-state index is 5.45. The Labute approximate surface area is 51.3 Å². The van der Waals surface area contributed by atoms with Crippen LogP contribution in [0.25, 0.3) is 0 Å². The van der Waals surface area contributed by atoms with E-state index in [-0.39, 0.29) is 0 Å². The Morgan fingerprint density at radius 2 is 2.25 bits per heavy atom. The van der Waals surface area contributed by atoms with Gasteiger partial charge in [0.2, 0.25) is 0 Å². The zero-order valence-electron chi connectivity index (χ0n) is 5.56. The molecule has 1 saturated carbocycles.